The van der Waals surface area contributed by atoms with E-state index in [0.29, 0.717) is 18.4 Å². The number of nitrogens with two attached hydrogens (primary N) is 1. The number of aromatic nitrogens is 2. The van der Waals surface area contributed by atoms with E-state index in [1.165, 1.54) is 24.1 Å². The fourth-order valence-corrected chi connectivity index (χ4v) is 3.82. The van der Waals surface area contributed by atoms with Crippen molar-refractivity contribution in [2.24, 2.45) is 5.73 Å². The molecule has 3 rings (SSSR count). The van der Waals surface area contributed by atoms with Crippen molar-refractivity contribution >= 4 is 17.7 Å². The molecule has 2 atom stereocenters. The average molecular weight is 343 g/mol. The van der Waals surface area contributed by atoms with Gasteiger partial charge in [0, 0.05) is 24.8 Å². The summed E-state index contributed by atoms with van der Waals surface area (Å²) in [4.78, 5) is 9.44. The Kier molecular flexibility index (Phi) is 6.10. The van der Waals surface area contributed by atoms with Gasteiger partial charge >= 0.3 is 0 Å². The van der Waals surface area contributed by atoms with Crippen molar-refractivity contribution in [3.05, 3.63) is 47.7 Å². The number of nitrogens with zero attached hydrogens (tertiary/aromatic N) is 2. The third-order valence-corrected chi connectivity index (χ3v) is 5.45. The van der Waals surface area contributed by atoms with Gasteiger partial charge in [0.1, 0.15) is 5.03 Å². The summed E-state index contributed by atoms with van der Waals surface area (Å²) in [6, 6.07) is 13.0. The molecule has 4 nitrogen and oxygen atoms in total. The third-order valence-electron chi connectivity index (χ3n) is 4.51. The Bertz CT molecular complexity index is 621. The zero-order chi connectivity index (χ0) is 16.8. The van der Waals surface area contributed by atoms with E-state index in [0.717, 1.165) is 29.7 Å². The van der Waals surface area contributed by atoms with Crippen molar-refractivity contribution in [1.82, 2.24) is 9.97 Å². The van der Waals surface area contributed by atoms with Crippen molar-refractivity contribution < 1.29 is 0 Å². The Morgan fingerprint density at radius 2 is 1.96 bits per heavy atom. The molecule has 2 unspecified atom stereocenters. The van der Waals surface area contributed by atoms with Crippen molar-refractivity contribution in [3.8, 4) is 0 Å². The summed E-state index contributed by atoms with van der Waals surface area (Å²) in [5, 5.41) is 4.37. The van der Waals surface area contributed by atoms with Gasteiger partial charge in [-0.25, -0.2) is 9.97 Å². The zero-order valence-electron chi connectivity index (χ0n) is 14.2. The molecule has 1 aromatic carbocycles. The molecule has 0 spiro atoms. The van der Waals surface area contributed by atoms with E-state index in [2.05, 4.69) is 53.6 Å². The number of hydrogen-bond acceptors (Lipinski definition) is 5. The molecule has 1 aliphatic carbocycles. The molecule has 1 aromatic heterocycles. The van der Waals surface area contributed by atoms with Crippen LogP contribution in [-0.2, 0) is 0 Å². The molecule has 0 radical (unpaired) electrons. The lowest BCUT2D eigenvalue weighted by molar-refractivity contribution is 0.339. The van der Waals surface area contributed by atoms with Gasteiger partial charge in [-0.15, -0.1) is 11.8 Å². The fourth-order valence-electron chi connectivity index (χ4n) is 3.14. The van der Waals surface area contributed by atoms with Crippen LogP contribution in [0.5, 0.6) is 0 Å². The van der Waals surface area contributed by atoms with Crippen LogP contribution < -0.4 is 11.1 Å². The first-order valence-electron chi connectivity index (χ1n) is 8.82. The van der Waals surface area contributed by atoms with Gasteiger partial charge in [0.05, 0.1) is 5.69 Å². The second-order valence-electron chi connectivity index (χ2n) is 6.22. The standard InChI is InChI=1S/C19H26N4S/c1-2-11-21-19-22-17(13-18(23-19)24-12-10-20)16-9-8-15(16)14-6-4-3-5-7-14/h3-7,13,15-16H,2,8-12,20H2,1H3,(H,21,22,23). The van der Waals surface area contributed by atoms with Crippen molar-refractivity contribution in [1.29, 1.82) is 0 Å². The minimum Gasteiger partial charge on any atom is -0.354 e. The molecule has 1 heterocycles. The maximum Gasteiger partial charge on any atom is 0.223 e. The molecule has 0 aliphatic heterocycles. The van der Waals surface area contributed by atoms with E-state index in [1.54, 1.807) is 11.8 Å². The molecule has 0 saturated heterocycles. The van der Waals surface area contributed by atoms with Gasteiger partial charge in [0.2, 0.25) is 5.95 Å². The van der Waals surface area contributed by atoms with Gasteiger partial charge in [-0.1, -0.05) is 37.3 Å². The molecule has 1 fully saturated rings. The van der Waals surface area contributed by atoms with Gasteiger partial charge in [-0.2, -0.15) is 0 Å². The third kappa shape index (κ3) is 4.08. The first kappa shape index (κ1) is 17.2. The van der Waals surface area contributed by atoms with Gasteiger partial charge < -0.3 is 11.1 Å². The average Bonchev–Trinajstić information content (AvgIpc) is 2.58. The minimum atomic E-state index is 0.495. The number of nitrogens with one attached hydrogen (secondary N) is 1. The molecular weight excluding hydrogens is 316 g/mol. The highest BCUT2D eigenvalue weighted by atomic mass is 32.2. The highest BCUT2D eigenvalue weighted by Crippen LogP contribution is 2.48. The van der Waals surface area contributed by atoms with Crippen LogP contribution in [0.15, 0.2) is 41.4 Å². The van der Waals surface area contributed by atoms with Crippen LogP contribution in [0.25, 0.3) is 0 Å². The molecule has 1 aliphatic rings. The van der Waals surface area contributed by atoms with Crippen molar-refractivity contribution in [2.75, 3.05) is 24.2 Å². The second-order valence-corrected chi connectivity index (χ2v) is 7.33. The van der Waals surface area contributed by atoms with E-state index >= 15 is 0 Å². The lowest BCUT2D eigenvalue weighted by atomic mass is 9.68. The topological polar surface area (TPSA) is 63.8 Å². The van der Waals surface area contributed by atoms with E-state index in [1.807, 2.05) is 0 Å². The van der Waals surface area contributed by atoms with Crippen LogP contribution in [0.2, 0.25) is 0 Å². The molecule has 0 bridgehead atoms. The molecule has 128 valence electrons. The number of thioether (sulfide) groups is 1. The summed E-state index contributed by atoms with van der Waals surface area (Å²) in [5.41, 5.74) is 8.24. The monoisotopic (exact) mass is 342 g/mol. The van der Waals surface area contributed by atoms with E-state index < -0.39 is 0 Å². The van der Waals surface area contributed by atoms with Crippen LogP contribution in [0.1, 0.15) is 49.3 Å². The van der Waals surface area contributed by atoms with Crippen LogP contribution >= 0.6 is 11.8 Å². The summed E-state index contributed by atoms with van der Waals surface area (Å²) in [6.45, 7) is 3.72. The molecule has 3 N–H and O–H groups in total. The summed E-state index contributed by atoms with van der Waals surface area (Å²) in [5.74, 6) is 2.71. The number of benzene rings is 1. The van der Waals surface area contributed by atoms with E-state index in [4.69, 9.17) is 10.7 Å². The highest BCUT2D eigenvalue weighted by molar-refractivity contribution is 7.99. The second kappa shape index (κ2) is 8.49. The Balaban J connectivity index is 1.82. The smallest absolute Gasteiger partial charge is 0.223 e. The summed E-state index contributed by atoms with van der Waals surface area (Å²) in [6.07, 6.45) is 3.50. The predicted octanol–water partition coefficient (Wildman–Crippen LogP) is 4.01. The highest BCUT2D eigenvalue weighted by Gasteiger charge is 2.34. The lowest BCUT2D eigenvalue weighted by Crippen LogP contribution is -2.23. The first-order chi connectivity index (χ1) is 11.8. The Labute approximate surface area is 148 Å². The molecular formula is C19H26N4S. The van der Waals surface area contributed by atoms with Crippen molar-refractivity contribution in [3.63, 3.8) is 0 Å². The zero-order valence-corrected chi connectivity index (χ0v) is 15.1. The van der Waals surface area contributed by atoms with Crippen LogP contribution in [0.4, 0.5) is 5.95 Å². The molecule has 0 amide bonds. The van der Waals surface area contributed by atoms with Crippen LogP contribution in [0.3, 0.4) is 0 Å². The van der Waals surface area contributed by atoms with Crippen molar-refractivity contribution in [2.45, 2.75) is 43.0 Å². The van der Waals surface area contributed by atoms with Gasteiger partial charge in [0.25, 0.3) is 0 Å². The van der Waals surface area contributed by atoms with Gasteiger partial charge in [-0.3, -0.25) is 0 Å². The first-order valence-corrected chi connectivity index (χ1v) is 9.81. The summed E-state index contributed by atoms with van der Waals surface area (Å²) >= 11 is 1.72. The largest absolute Gasteiger partial charge is 0.354 e. The molecule has 5 heteroatoms. The lowest BCUT2D eigenvalue weighted by Gasteiger charge is -2.37. The maximum atomic E-state index is 5.65. The fraction of sp³-hybridized carbons (Fsp3) is 0.474. The summed E-state index contributed by atoms with van der Waals surface area (Å²) in [7, 11) is 0. The molecule has 2 aromatic rings. The quantitative estimate of drug-likeness (QED) is 0.560. The Morgan fingerprint density at radius 3 is 2.62 bits per heavy atom. The Hall–Kier alpha value is -1.59. The number of anilines is 1. The van der Waals surface area contributed by atoms with Crippen LogP contribution in [-0.4, -0.2) is 28.8 Å². The van der Waals surface area contributed by atoms with Gasteiger partial charge in [0.15, 0.2) is 0 Å². The molecule has 24 heavy (non-hydrogen) atoms. The number of hydrogen-bond donors (Lipinski definition) is 2. The molecule has 1 saturated carbocycles. The summed E-state index contributed by atoms with van der Waals surface area (Å²) < 4.78 is 0. The SMILES string of the molecule is CCCNc1nc(SCCN)cc(C2CCC2c2ccccc2)n1. The van der Waals surface area contributed by atoms with Gasteiger partial charge in [-0.05, 0) is 36.8 Å². The minimum absolute atomic E-state index is 0.495. The predicted molar refractivity (Wildman–Crippen MR) is 102 cm³/mol. The van der Waals surface area contributed by atoms with E-state index in [9.17, 15) is 0 Å². The maximum absolute atomic E-state index is 5.65. The Morgan fingerprint density at radius 1 is 1.17 bits per heavy atom. The normalized spacial score (nSPS) is 19.8. The van der Waals surface area contributed by atoms with Crippen LogP contribution in [0, 0.1) is 0 Å². The number of rotatable bonds is 8. The van der Waals surface area contributed by atoms with E-state index in [-0.39, 0.29) is 0 Å².